The van der Waals surface area contributed by atoms with Gasteiger partial charge in [-0.25, -0.2) is 0 Å². The third-order valence-electron chi connectivity index (χ3n) is 2.77. The van der Waals surface area contributed by atoms with Gasteiger partial charge in [0.1, 0.15) is 0 Å². The molecule has 1 rings (SSSR count). The molecule has 1 N–H and O–H groups in total. The Hall–Kier alpha value is -0.990. The highest BCUT2D eigenvalue weighted by atomic mass is 19.4. The Morgan fingerprint density at radius 1 is 1.22 bits per heavy atom. The van der Waals surface area contributed by atoms with Crippen LogP contribution in [0.1, 0.15) is 12.8 Å². The summed E-state index contributed by atoms with van der Waals surface area (Å²) >= 11 is 0. The van der Waals surface area contributed by atoms with Crippen LogP contribution in [0.5, 0.6) is 0 Å². The highest BCUT2D eigenvalue weighted by Gasteiger charge is 2.48. The van der Waals surface area contributed by atoms with Crippen LogP contribution in [0.3, 0.4) is 0 Å². The van der Waals surface area contributed by atoms with Gasteiger partial charge in [-0.3, -0.25) is 4.79 Å². The van der Waals surface area contributed by atoms with Crippen molar-refractivity contribution in [3.63, 3.8) is 0 Å². The van der Waals surface area contributed by atoms with Crippen molar-refractivity contribution < 1.29 is 36.2 Å². The van der Waals surface area contributed by atoms with Crippen LogP contribution in [0.2, 0.25) is 0 Å². The summed E-state index contributed by atoms with van der Waals surface area (Å²) in [7, 11) is 0. The molecule has 18 heavy (non-hydrogen) atoms. The molecule has 0 saturated carbocycles. The molecule has 3 nitrogen and oxygen atoms in total. The summed E-state index contributed by atoms with van der Waals surface area (Å²) in [6.45, 7) is -0.988. The fourth-order valence-electron chi connectivity index (χ4n) is 1.90. The molecule has 1 aliphatic rings. The van der Waals surface area contributed by atoms with Crippen molar-refractivity contribution in [1.82, 2.24) is 4.90 Å². The predicted molar refractivity (Wildman–Crippen MR) is 47.4 cm³/mol. The van der Waals surface area contributed by atoms with E-state index >= 15 is 0 Å². The maximum Gasteiger partial charge on any atom is 0.471 e. The van der Waals surface area contributed by atoms with Gasteiger partial charge in [0, 0.05) is 19.0 Å². The van der Waals surface area contributed by atoms with Gasteiger partial charge in [-0.05, 0) is 12.8 Å². The van der Waals surface area contributed by atoms with Crippen LogP contribution in [-0.4, -0.2) is 47.5 Å². The van der Waals surface area contributed by atoms with Gasteiger partial charge in [-0.15, -0.1) is 0 Å². The number of piperidine rings is 1. The summed E-state index contributed by atoms with van der Waals surface area (Å²) in [5.74, 6) is -3.58. The number of halogens is 6. The van der Waals surface area contributed by atoms with E-state index in [0.29, 0.717) is 4.90 Å². The Bertz CT molecular complexity index is 313. The summed E-state index contributed by atoms with van der Waals surface area (Å²) in [5, 5.41) is 8.97. The lowest BCUT2D eigenvalue weighted by molar-refractivity contribution is -0.226. The van der Waals surface area contributed by atoms with Crippen molar-refractivity contribution in [2.45, 2.75) is 31.3 Å². The van der Waals surface area contributed by atoms with E-state index < -0.39 is 36.8 Å². The summed E-state index contributed by atoms with van der Waals surface area (Å²) < 4.78 is 73.0. The quantitative estimate of drug-likeness (QED) is 0.742. The smallest absolute Gasteiger partial charge is 0.383 e. The standard InChI is InChI=1S/C9H11F6NO2/c10-8(11,12)6(17)5-2-1-3-16(4-5)7(18)9(13,14)15/h5-6,17H,1-4H2/t5-,6+/m1/s1. The largest absolute Gasteiger partial charge is 0.471 e. The second-order valence-electron chi connectivity index (χ2n) is 4.14. The maximum absolute atomic E-state index is 12.2. The molecule has 0 aliphatic carbocycles. The second kappa shape index (κ2) is 4.94. The molecule has 1 aliphatic heterocycles. The molecule has 1 heterocycles. The maximum atomic E-state index is 12.2. The highest BCUT2D eigenvalue weighted by Crippen LogP contribution is 2.32. The van der Waals surface area contributed by atoms with Gasteiger partial charge >= 0.3 is 18.3 Å². The van der Waals surface area contributed by atoms with Gasteiger partial charge < -0.3 is 10.0 Å². The lowest BCUT2D eigenvalue weighted by atomic mass is 9.92. The third-order valence-corrected chi connectivity index (χ3v) is 2.77. The molecular formula is C9H11F6NO2. The van der Waals surface area contributed by atoms with Crippen LogP contribution in [-0.2, 0) is 4.79 Å². The van der Waals surface area contributed by atoms with Crippen LogP contribution in [0.4, 0.5) is 26.3 Å². The van der Waals surface area contributed by atoms with Crippen LogP contribution >= 0.6 is 0 Å². The van der Waals surface area contributed by atoms with Crippen LogP contribution in [0.15, 0.2) is 0 Å². The van der Waals surface area contributed by atoms with Gasteiger partial charge in [-0.2, -0.15) is 26.3 Å². The normalized spacial score (nSPS) is 23.9. The minimum atomic E-state index is -5.11. The van der Waals surface area contributed by atoms with E-state index in [1.165, 1.54) is 0 Å². The molecule has 0 aromatic heterocycles. The Labute approximate surface area is 98.4 Å². The summed E-state index contributed by atoms with van der Waals surface area (Å²) in [4.78, 5) is 11.2. The number of hydrogen-bond acceptors (Lipinski definition) is 2. The van der Waals surface area contributed by atoms with E-state index in [0.717, 1.165) is 0 Å². The molecule has 9 heteroatoms. The molecule has 1 amide bonds. The van der Waals surface area contributed by atoms with Gasteiger partial charge in [0.05, 0.1) is 0 Å². The Balaban J connectivity index is 2.70. The molecule has 1 saturated heterocycles. The Kier molecular flexibility index (Phi) is 4.14. The van der Waals surface area contributed by atoms with Crippen molar-refractivity contribution in [2.24, 2.45) is 5.92 Å². The number of alkyl halides is 6. The van der Waals surface area contributed by atoms with Crippen molar-refractivity contribution in [2.75, 3.05) is 13.1 Å². The number of aliphatic hydroxyl groups is 1. The minimum Gasteiger partial charge on any atom is -0.383 e. The zero-order valence-corrected chi connectivity index (χ0v) is 9.05. The van der Waals surface area contributed by atoms with Crippen molar-refractivity contribution in [3.8, 4) is 0 Å². The number of rotatable bonds is 1. The number of nitrogens with zero attached hydrogens (tertiary/aromatic N) is 1. The van der Waals surface area contributed by atoms with Gasteiger partial charge in [0.25, 0.3) is 0 Å². The number of carbonyl (C=O) groups is 1. The molecule has 0 spiro atoms. The minimum absolute atomic E-state index is 0.000370. The third kappa shape index (κ3) is 3.50. The molecule has 0 aromatic rings. The van der Waals surface area contributed by atoms with E-state index in [2.05, 4.69) is 0 Å². The number of carbonyl (C=O) groups excluding carboxylic acids is 1. The average Bonchev–Trinajstić information content (AvgIpc) is 2.24. The highest BCUT2D eigenvalue weighted by molar-refractivity contribution is 5.81. The summed E-state index contributed by atoms with van der Waals surface area (Å²) in [6.07, 6.45) is -12.8. The fourth-order valence-corrected chi connectivity index (χ4v) is 1.90. The van der Waals surface area contributed by atoms with E-state index in [4.69, 9.17) is 5.11 Å². The monoisotopic (exact) mass is 279 g/mol. The predicted octanol–water partition coefficient (Wildman–Crippen LogP) is 1.71. The Morgan fingerprint density at radius 3 is 2.22 bits per heavy atom. The van der Waals surface area contributed by atoms with Crippen molar-refractivity contribution in [3.05, 3.63) is 0 Å². The Morgan fingerprint density at radius 2 is 1.78 bits per heavy atom. The van der Waals surface area contributed by atoms with Crippen molar-refractivity contribution >= 4 is 5.91 Å². The number of amides is 1. The SMILES string of the molecule is O=C(N1CCC[C@@H]([C@H](O)C(F)(F)F)C1)C(F)(F)F. The van der Waals surface area contributed by atoms with Crippen molar-refractivity contribution in [1.29, 1.82) is 0 Å². The topological polar surface area (TPSA) is 40.5 Å². The lowest BCUT2D eigenvalue weighted by Crippen LogP contribution is -2.50. The van der Waals surface area contributed by atoms with Crippen LogP contribution in [0.25, 0.3) is 0 Å². The van der Waals surface area contributed by atoms with E-state index in [9.17, 15) is 31.1 Å². The van der Waals surface area contributed by atoms with Gasteiger partial charge in [-0.1, -0.05) is 0 Å². The first-order valence-electron chi connectivity index (χ1n) is 5.14. The number of hydrogen-bond donors (Lipinski definition) is 1. The first-order chi connectivity index (χ1) is 8.03. The molecule has 106 valence electrons. The average molecular weight is 279 g/mol. The molecule has 1 fully saturated rings. The van der Waals surface area contributed by atoms with Gasteiger partial charge in [0.15, 0.2) is 6.10 Å². The van der Waals surface area contributed by atoms with E-state index in [-0.39, 0.29) is 19.4 Å². The fraction of sp³-hybridized carbons (Fsp3) is 0.889. The van der Waals surface area contributed by atoms with Gasteiger partial charge in [0.2, 0.25) is 0 Å². The molecule has 0 aromatic carbocycles. The number of likely N-dealkylation sites (tertiary alicyclic amines) is 1. The molecule has 0 unspecified atom stereocenters. The number of aliphatic hydroxyl groups excluding tert-OH is 1. The zero-order chi connectivity index (χ0) is 14.1. The van der Waals surface area contributed by atoms with Crippen LogP contribution < -0.4 is 0 Å². The molecule has 0 bridgehead atoms. The molecule has 0 radical (unpaired) electrons. The summed E-state index contributed by atoms with van der Waals surface area (Å²) in [6, 6.07) is 0. The first-order valence-corrected chi connectivity index (χ1v) is 5.14. The van der Waals surface area contributed by atoms with E-state index in [1.807, 2.05) is 0 Å². The van der Waals surface area contributed by atoms with Crippen LogP contribution in [0, 0.1) is 5.92 Å². The summed E-state index contributed by atoms with van der Waals surface area (Å²) in [5.41, 5.74) is 0. The molecular weight excluding hydrogens is 268 g/mol. The molecule has 2 atom stereocenters. The van der Waals surface area contributed by atoms with E-state index in [1.54, 1.807) is 0 Å². The first kappa shape index (κ1) is 15.1. The lowest BCUT2D eigenvalue weighted by Gasteiger charge is -2.35. The second-order valence-corrected chi connectivity index (χ2v) is 4.14. The zero-order valence-electron chi connectivity index (χ0n) is 9.05.